The Morgan fingerprint density at radius 2 is 1.89 bits per heavy atom. The molecule has 11 heteroatoms. The number of thiocarbonyl (C=S) groups is 1. The molecule has 0 amide bonds. The number of sulfonamides is 1. The summed E-state index contributed by atoms with van der Waals surface area (Å²) in [5.41, 5.74) is 3.50. The minimum absolute atomic E-state index is 0.309. The molecule has 1 fully saturated rings. The van der Waals surface area contributed by atoms with Gasteiger partial charge >= 0.3 is 0 Å². The normalized spacial score (nSPS) is 17.6. The van der Waals surface area contributed by atoms with Gasteiger partial charge in [0.25, 0.3) is 0 Å². The molecule has 5 rings (SSSR count). The summed E-state index contributed by atoms with van der Waals surface area (Å²) in [5, 5.41) is 4.72. The molecule has 37 heavy (non-hydrogen) atoms. The van der Waals surface area contributed by atoms with Gasteiger partial charge in [-0.3, -0.25) is 9.71 Å². The molecule has 0 radical (unpaired) electrons. The average molecular weight is 574 g/mol. The SMILES string of the molecule is Cc1cc(N2C(=S)N[C@@H](c3ccccn3)[C@@H]2c2ccc(-c3cccc(Cl)c3Cl)o2)ccc1NS(C)(=O)=O. The molecule has 2 aromatic carbocycles. The van der Waals surface area contributed by atoms with Gasteiger partial charge in [0, 0.05) is 17.4 Å². The molecule has 2 atom stereocenters. The number of aryl methyl sites for hydroxylation is 1. The van der Waals surface area contributed by atoms with Gasteiger partial charge in [0.2, 0.25) is 10.0 Å². The van der Waals surface area contributed by atoms with E-state index in [0.717, 1.165) is 23.2 Å². The van der Waals surface area contributed by atoms with Gasteiger partial charge in [-0.15, -0.1) is 0 Å². The second-order valence-electron chi connectivity index (χ2n) is 8.67. The third-order valence-electron chi connectivity index (χ3n) is 6.02. The largest absolute Gasteiger partial charge is 0.459 e. The number of nitrogens with one attached hydrogen (secondary N) is 2. The van der Waals surface area contributed by atoms with Crippen LogP contribution in [-0.2, 0) is 10.0 Å². The Labute approximate surface area is 230 Å². The van der Waals surface area contributed by atoms with Crippen LogP contribution in [0.25, 0.3) is 11.3 Å². The van der Waals surface area contributed by atoms with E-state index in [-0.39, 0.29) is 12.1 Å². The van der Waals surface area contributed by atoms with Crippen LogP contribution in [0.3, 0.4) is 0 Å². The number of halogens is 2. The minimum Gasteiger partial charge on any atom is -0.459 e. The summed E-state index contributed by atoms with van der Waals surface area (Å²) in [7, 11) is -3.42. The first-order valence-corrected chi connectivity index (χ1v) is 14.3. The maximum atomic E-state index is 11.8. The Kier molecular flexibility index (Phi) is 6.89. The molecule has 7 nitrogen and oxygen atoms in total. The highest BCUT2D eigenvalue weighted by Crippen LogP contribution is 2.44. The van der Waals surface area contributed by atoms with Gasteiger partial charge < -0.3 is 14.6 Å². The number of benzene rings is 2. The van der Waals surface area contributed by atoms with E-state index in [4.69, 9.17) is 39.8 Å². The van der Waals surface area contributed by atoms with Crippen molar-refractivity contribution in [3.8, 4) is 11.3 Å². The highest BCUT2D eigenvalue weighted by molar-refractivity contribution is 7.92. The number of nitrogens with zero attached hydrogens (tertiary/aromatic N) is 2. The quantitative estimate of drug-likeness (QED) is 0.255. The van der Waals surface area contributed by atoms with Crippen LogP contribution in [0.4, 0.5) is 11.4 Å². The monoisotopic (exact) mass is 572 g/mol. The summed E-state index contributed by atoms with van der Waals surface area (Å²) in [6.07, 6.45) is 2.85. The molecule has 190 valence electrons. The molecule has 1 saturated heterocycles. The van der Waals surface area contributed by atoms with E-state index in [2.05, 4.69) is 15.0 Å². The lowest BCUT2D eigenvalue weighted by molar-refractivity contribution is 0.439. The van der Waals surface area contributed by atoms with E-state index in [1.807, 2.05) is 66.4 Å². The molecule has 0 bridgehead atoms. The lowest BCUT2D eigenvalue weighted by atomic mass is 10.0. The summed E-state index contributed by atoms with van der Waals surface area (Å²) < 4.78 is 32.4. The predicted octanol–water partition coefficient (Wildman–Crippen LogP) is 6.51. The van der Waals surface area contributed by atoms with Crippen LogP contribution in [0, 0.1) is 6.92 Å². The number of anilines is 2. The number of rotatable bonds is 6. The fraction of sp³-hybridized carbons (Fsp3) is 0.154. The van der Waals surface area contributed by atoms with E-state index in [9.17, 15) is 8.42 Å². The fourth-order valence-electron chi connectivity index (χ4n) is 4.38. The average Bonchev–Trinajstić information content (AvgIpc) is 3.46. The topological polar surface area (TPSA) is 87.5 Å². The molecule has 1 aliphatic heterocycles. The zero-order valence-corrected chi connectivity index (χ0v) is 22.9. The molecule has 0 unspecified atom stereocenters. The van der Waals surface area contributed by atoms with Crippen molar-refractivity contribution in [2.75, 3.05) is 15.9 Å². The second kappa shape index (κ2) is 9.98. The Bertz CT molecular complexity index is 1590. The molecule has 0 aliphatic carbocycles. The van der Waals surface area contributed by atoms with Crippen LogP contribution in [0.15, 0.2) is 77.3 Å². The molecular formula is C26H22Cl2N4O3S2. The molecule has 2 N–H and O–H groups in total. The van der Waals surface area contributed by atoms with Gasteiger partial charge in [-0.05, 0) is 79.3 Å². The first-order valence-electron chi connectivity index (χ1n) is 11.3. The van der Waals surface area contributed by atoms with E-state index in [1.165, 1.54) is 0 Å². The van der Waals surface area contributed by atoms with Crippen LogP contribution in [-0.4, -0.2) is 24.8 Å². The standard InChI is InChI=1S/C26H22Cl2N4O3S2/c1-15-14-16(9-10-19(15)31-37(2,33)34)32-25(24(30-26(32)36)20-8-3-4-13-29-20)22-12-11-21(35-22)17-6-5-7-18(27)23(17)28/h3-14,24-25,31H,1-2H3,(H,30,36)/t24-,25-/m0/s1. The minimum atomic E-state index is -3.42. The Balaban J connectivity index is 1.59. The van der Waals surface area contributed by atoms with E-state index < -0.39 is 10.0 Å². The Hall–Kier alpha value is -3.11. The number of furan rings is 1. The molecule has 0 spiro atoms. The van der Waals surface area contributed by atoms with Crippen molar-refractivity contribution < 1.29 is 12.8 Å². The summed E-state index contributed by atoms with van der Waals surface area (Å²) in [6.45, 7) is 1.83. The lowest BCUT2D eigenvalue weighted by Gasteiger charge is -2.26. The van der Waals surface area contributed by atoms with Crippen molar-refractivity contribution in [2.24, 2.45) is 0 Å². The van der Waals surface area contributed by atoms with Crippen LogP contribution in [0.5, 0.6) is 0 Å². The summed E-state index contributed by atoms with van der Waals surface area (Å²) >= 11 is 18.5. The maximum absolute atomic E-state index is 11.8. The van der Waals surface area contributed by atoms with Gasteiger partial charge in [0.1, 0.15) is 17.6 Å². The molecule has 2 aromatic heterocycles. The zero-order valence-electron chi connectivity index (χ0n) is 19.8. The van der Waals surface area contributed by atoms with Crippen molar-refractivity contribution >= 4 is 61.9 Å². The van der Waals surface area contributed by atoms with E-state index in [0.29, 0.717) is 37.9 Å². The second-order valence-corrected chi connectivity index (χ2v) is 11.6. The van der Waals surface area contributed by atoms with Crippen molar-refractivity contribution in [3.05, 3.63) is 100.0 Å². The fourth-order valence-corrected chi connectivity index (χ4v) is 5.75. The lowest BCUT2D eigenvalue weighted by Crippen LogP contribution is -2.29. The van der Waals surface area contributed by atoms with Crippen LogP contribution in [0.2, 0.25) is 10.0 Å². The maximum Gasteiger partial charge on any atom is 0.229 e. The third kappa shape index (κ3) is 5.17. The van der Waals surface area contributed by atoms with E-state index >= 15 is 0 Å². The van der Waals surface area contributed by atoms with Crippen molar-refractivity contribution in [3.63, 3.8) is 0 Å². The van der Waals surface area contributed by atoms with Crippen molar-refractivity contribution in [1.29, 1.82) is 0 Å². The zero-order chi connectivity index (χ0) is 26.3. The van der Waals surface area contributed by atoms with Crippen molar-refractivity contribution in [2.45, 2.75) is 19.0 Å². The Morgan fingerprint density at radius 1 is 1.08 bits per heavy atom. The summed E-state index contributed by atoms with van der Waals surface area (Å²) in [6, 6.07) is 19.6. The highest BCUT2D eigenvalue weighted by Gasteiger charge is 2.42. The third-order valence-corrected chi connectivity index (χ3v) is 7.74. The van der Waals surface area contributed by atoms with Gasteiger partial charge in [-0.25, -0.2) is 8.42 Å². The molecule has 4 aromatic rings. The van der Waals surface area contributed by atoms with Crippen LogP contribution in [0.1, 0.15) is 29.1 Å². The molecule has 1 aliphatic rings. The highest BCUT2D eigenvalue weighted by atomic mass is 35.5. The van der Waals surface area contributed by atoms with Crippen LogP contribution >= 0.6 is 35.4 Å². The number of aromatic nitrogens is 1. The van der Waals surface area contributed by atoms with E-state index in [1.54, 1.807) is 18.3 Å². The smallest absolute Gasteiger partial charge is 0.229 e. The molecule has 3 heterocycles. The number of hydrogen-bond acceptors (Lipinski definition) is 5. The first-order chi connectivity index (χ1) is 17.6. The van der Waals surface area contributed by atoms with Gasteiger partial charge in [0.15, 0.2) is 5.11 Å². The first kappa shape index (κ1) is 25.5. The van der Waals surface area contributed by atoms with Gasteiger partial charge in [-0.1, -0.05) is 35.3 Å². The summed E-state index contributed by atoms with van der Waals surface area (Å²) in [5.74, 6) is 1.22. The van der Waals surface area contributed by atoms with Crippen LogP contribution < -0.4 is 14.9 Å². The molecular weight excluding hydrogens is 551 g/mol. The van der Waals surface area contributed by atoms with Crippen molar-refractivity contribution in [1.82, 2.24) is 10.3 Å². The molecule has 0 saturated carbocycles. The number of pyridine rings is 1. The Morgan fingerprint density at radius 3 is 2.59 bits per heavy atom. The van der Waals surface area contributed by atoms with Gasteiger partial charge in [-0.2, -0.15) is 0 Å². The predicted molar refractivity (Wildman–Crippen MR) is 152 cm³/mol. The van der Waals surface area contributed by atoms with Gasteiger partial charge in [0.05, 0.1) is 33.7 Å². The number of hydrogen-bond donors (Lipinski definition) is 2. The summed E-state index contributed by atoms with van der Waals surface area (Å²) in [4.78, 5) is 6.51.